The Morgan fingerprint density at radius 2 is 1.67 bits per heavy atom. The van der Waals surface area contributed by atoms with Crippen LogP contribution in [0.3, 0.4) is 0 Å². The predicted molar refractivity (Wildman–Crippen MR) is 55.3 cm³/mol. The van der Waals surface area contributed by atoms with Gasteiger partial charge in [0.15, 0.2) is 0 Å². The lowest BCUT2D eigenvalue weighted by atomic mass is 9.93. The molecule has 74 valence electrons. The SMILES string of the molecule is CCC(N)(CC)CN(C)C(C)C. The Bertz CT molecular complexity index is 117. The van der Waals surface area contributed by atoms with Crippen LogP contribution in [0.2, 0.25) is 0 Å². The predicted octanol–water partition coefficient (Wildman–Crippen LogP) is 1.84. The number of hydrogen-bond donors (Lipinski definition) is 1. The molecule has 0 bridgehead atoms. The fraction of sp³-hybridized carbons (Fsp3) is 1.00. The highest BCUT2D eigenvalue weighted by atomic mass is 15.1. The normalized spacial score (nSPS) is 13.0. The molecule has 0 spiro atoms. The van der Waals surface area contributed by atoms with Crippen LogP contribution >= 0.6 is 0 Å². The molecule has 0 saturated carbocycles. The van der Waals surface area contributed by atoms with E-state index in [1.807, 2.05) is 0 Å². The van der Waals surface area contributed by atoms with Gasteiger partial charge in [-0.2, -0.15) is 0 Å². The third-order valence-electron chi connectivity index (χ3n) is 2.85. The highest BCUT2D eigenvalue weighted by Crippen LogP contribution is 2.13. The maximum atomic E-state index is 6.19. The Morgan fingerprint density at radius 3 is 1.92 bits per heavy atom. The molecule has 12 heavy (non-hydrogen) atoms. The summed E-state index contributed by atoms with van der Waals surface area (Å²) < 4.78 is 0. The molecule has 2 nitrogen and oxygen atoms in total. The van der Waals surface area contributed by atoms with Crippen LogP contribution in [0.5, 0.6) is 0 Å². The first kappa shape index (κ1) is 11.9. The molecule has 0 amide bonds. The lowest BCUT2D eigenvalue weighted by molar-refractivity contribution is 0.198. The smallest absolute Gasteiger partial charge is 0.0278 e. The van der Waals surface area contributed by atoms with Crippen molar-refractivity contribution in [2.75, 3.05) is 13.6 Å². The van der Waals surface area contributed by atoms with Gasteiger partial charge in [0.05, 0.1) is 0 Å². The molecule has 2 N–H and O–H groups in total. The summed E-state index contributed by atoms with van der Waals surface area (Å²) in [4.78, 5) is 2.31. The van der Waals surface area contributed by atoms with E-state index < -0.39 is 0 Å². The number of hydrogen-bond acceptors (Lipinski definition) is 2. The summed E-state index contributed by atoms with van der Waals surface area (Å²) in [5.41, 5.74) is 6.21. The standard InChI is InChI=1S/C10H24N2/c1-6-10(11,7-2)8-12(5)9(3)4/h9H,6-8,11H2,1-5H3. The highest BCUT2D eigenvalue weighted by molar-refractivity contribution is 4.84. The number of rotatable bonds is 5. The van der Waals surface area contributed by atoms with Crippen molar-refractivity contribution < 1.29 is 0 Å². The molecule has 0 unspecified atom stereocenters. The van der Waals surface area contributed by atoms with Gasteiger partial charge in [-0.15, -0.1) is 0 Å². The van der Waals surface area contributed by atoms with Crippen LogP contribution in [0.25, 0.3) is 0 Å². The summed E-state index contributed by atoms with van der Waals surface area (Å²) in [5, 5.41) is 0. The molecular formula is C10H24N2. The van der Waals surface area contributed by atoms with Gasteiger partial charge >= 0.3 is 0 Å². The van der Waals surface area contributed by atoms with Crippen molar-refractivity contribution in [1.29, 1.82) is 0 Å². The summed E-state index contributed by atoms with van der Waals surface area (Å²) in [5.74, 6) is 0. The average molecular weight is 172 g/mol. The van der Waals surface area contributed by atoms with Crippen LogP contribution in [-0.4, -0.2) is 30.1 Å². The fourth-order valence-electron chi connectivity index (χ4n) is 1.15. The maximum Gasteiger partial charge on any atom is 0.0278 e. The molecule has 0 aromatic carbocycles. The second-order valence-corrected chi connectivity index (χ2v) is 4.08. The van der Waals surface area contributed by atoms with Gasteiger partial charge in [0.25, 0.3) is 0 Å². The zero-order valence-electron chi connectivity index (χ0n) is 9.22. The minimum absolute atomic E-state index is 0.0129. The fourth-order valence-corrected chi connectivity index (χ4v) is 1.15. The van der Waals surface area contributed by atoms with Crippen molar-refractivity contribution >= 4 is 0 Å². The molecular weight excluding hydrogens is 148 g/mol. The summed E-state index contributed by atoms with van der Waals surface area (Å²) in [6.07, 6.45) is 2.11. The molecule has 0 aliphatic rings. The Kier molecular flexibility index (Phi) is 4.80. The van der Waals surface area contributed by atoms with E-state index in [4.69, 9.17) is 5.73 Å². The van der Waals surface area contributed by atoms with Crippen molar-refractivity contribution in [2.24, 2.45) is 5.73 Å². The van der Waals surface area contributed by atoms with E-state index in [1.54, 1.807) is 0 Å². The van der Waals surface area contributed by atoms with Crippen LogP contribution in [0.1, 0.15) is 40.5 Å². The molecule has 0 aliphatic carbocycles. The Morgan fingerprint density at radius 1 is 1.25 bits per heavy atom. The van der Waals surface area contributed by atoms with Crippen molar-refractivity contribution in [1.82, 2.24) is 4.90 Å². The highest BCUT2D eigenvalue weighted by Gasteiger charge is 2.22. The second kappa shape index (κ2) is 4.83. The van der Waals surface area contributed by atoms with E-state index in [0.29, 0.717) is 6.04 Å². The zero-order valence-corrected chi connectivity index (χ0v) is 9.22. The topological polar surface area (TPSA) is 29.3 Å². The first-order valence-corrected chi connectivity index (χ1v) is 4.94. The van der Waals surface area contributed by atoms with E-state index in [-0.39, 0.29) is 5.54 Å². The van der Waals surface area contributed by atoms with Crippen LogP contribution in [0.15, 0.2) is 0 Å². The summed E-state index contributed by atoms with van der Waals surface area (Å²) in [6, 6.07) is 0.589. The molecule has 0 aromatic heterocycles. The first-order chi connectivity index (χ1) is 5.45. The monoisotopic (exact) mass is 172 g/mol. The van der Waals surface area contributed by atoms with Crippen molar-refractivity contribution in [3.8, 4) is 0 Å². The van der Waals surface area contributed by atoms with Gasteiger partial charge in [0.1, 0.15) is 0 Å². The molecule has 0 aliphatic heterocycles. The van der Waals surface area contributed by atoms with Gasteiger partial charge in [0, 0.05) is 18.1 Å². The van der Waals surface area contributed by atoms with Gasteiger partial charge in [-0.05, 0) is 33.7 Å². The zero-order chi connectivity index (χ0) is 9.78. The van der Waals surface area contributed by atoms with Crippen molar-refractivity contribution in [3.63, 3.8) is 0 Å². The van der Waals surface area contributed by atoms with Crippen LogP contribution in [0, 0.1) is 0 Å². The second-order valence-electron chi connectivity index (χ2n) is 4.08. The number of nitrogens with two attached hydrogens (primary N) is 1. The lowest BCUT2D eigenvalue weighted by Crippen LogP contribution is -2.49. The van der Waals surface area contributed by atoms with Crippen molar-refractivity contribution in [3.05, 3.63) is 0 Å². The van der Waals surface area contributed by atoms with Crippen LogP contribution in [-0.2, 0) is 0 Å². The molecule has 0 aromatic rings. The van der Waals surface area contributed by atoms with Gasteiger partial charge in [-0.25, -0.2) is 0 Å². The van der Waals surface area contributed by atoms with Crippen LogP contribution < -0.4 is 5.73 Å². The molecule has 0 rings (SSSR count). The third-order valence-corrected chi connectivity index (χ3v) is 2.85. The largest absolute Gasteiger partial charge is 0.324 e. The molecule has 0 fully saturated rings. The maximum absolute atomic E-state index is 6.19. The quantitative estimate of drug-likeness (QED) is 0.685. The van der Waals surface area contributed by atoms with Gasteiger partial charge in [0.2, 0.25) is 0 Å². The van der Waals surface area contributed by atoms with Gasteiger partial charge in [-0.3, -0.25) is 0 Å². The Balaban J connectivity index is 4.02. The third kappa shape index (κ3) is 3.55. The van der Waals surface area contributed by atoms with E-state index in [2.05, 4.69) is 39.6 Å². The molecule has 2 heteroatoms. The lowest BCUT2D eigenvalue weighted by Gasteiger charge is -2.33. The first-order valence-electron chi connectivity index (χ1n) is 4.94. The summed E-state index contributed by atoms with van der Waals surface area (Å²) in [6.45, 7) is 9.73. The van der Waals surface area contributed by atoms with Gasteiger partial charge in [-0.1, -0.05) is 13.8 Å². The van der Waals surface area contributed by atoms with E-state index in [0.717, 1.165) is 19.4 Å². The minimum atomic E-state index is 0.0129. The molecule has 0 radical (unpaired) electrons. The van der Waals surface area contributed by atoms with Crippen LogP contribution in [0.4, 0.5) is 0 Å². The Labute approximate surface area is 77.1 Å². The Hall–Kier alpha value is -0.0800. The van der Waals surface area contributed by atoms with E-state index in [1.165, 1.54) is 0 Å². The average Bonchev–Trinajstić information content (AvgIpc) is 2.04. The minimum Gasteiger partial charge on any atom is -0.324 e. The molecule has 0 saturated heterocycles. The van der Waals surface area contributed by atoms with E-state index in [9.17, 15) is 0 Å². The summed E-state index contributed by atoms with van der Waals surface area (Å²) in [7, 11) is 2.14. The summed E-state index contributed by atoms with van der Waals surface area (Å²) >= 11 is 0. The molecule has 0 heterocycles. The number of nitrogens with zero attached hydrogens (tertiary/aromatic N) is 1. The number of likely N-dealkylation sites (N-methyl/N-ethyl adjacent to an activating group) is 1. The van der Waals surface area contributed by atoms with Crippen molar-refractivity contribution in [2.45, 2.75) is 52.1 Å². The molecule has 0 atom stereocenters. The van der Waals surface area contributed by atoms with E-state index >= 15 is 0 Å². The van der Waals surface area contributed by atoms with Gasteiger partial charge < -0.3 is 10.6 Å².